The van der Waals surface area contributed by atoms with Gasteiger partial charge in [-0.25, -0.2) is 0 Å². The normalized spacial score (nSPS) is 16.2. The highest BCUT2D eigenvalue weighted by Gasteiger charge is 2.43. The van der Waals surface area contributed by atoms with Crippen LogP contribution in [0.2, 0.25) is 0 Å². The first kappa shape index (κ1) is 45.6. The number of hydrogen-bond donors (Lipinski definition) is 0. The van der Waals surface area contributed by atoms with Gasteiger partial charge in [-0.1, -0.05) is 90.9 Å². The fourth-order valence-corrected chi connectivity index (χ4v) is 5.91. The Bertz CT molecular complexity index is 603. The molecule has 1 aliphatic rings. The van der Waals surface area contributed by atoms with Crippen LogP contribution in [0.15, 0.2) is 0 Å². The molecule has 278 valence electrons. The molecule has 9 heteroatoms. The average molecular weight is 665 g/mol. The third-order valence-electron chi connectivity index (χ3n) is 8.43. The summed E-state index contributed by atoms with van der Waals surface area (Å²) >= 11 is 0. The maximum absolute atomic E-state index is 5.92. The monoisotopic (exact) mass is 665 g/mol. The molecule has 46 heavy (non-hydrogen) atoms. The van der Waals surface area contributed by atoms with Gasteiger partial charge in [-0.15, -0.1) is 0 Å². The van der Waals surface area contributed by atoms with E-state index < -0.39 is 11.9 Å². The lowest BCUT2D eigenvalue weighted by molar-refractivity contribution is -0.415. The van der Waals surface area contributed by atoms with Crippen molar-refractivity contribution in [1.29, 1.82) is 0 Å². The van der Waals surface area contributed by atoms with Gasteiger partial charge in [-0.2, -0.15) is 0 Å². The molecule has 0 aliphatic carbocycles. The van der Waals surface area contributed by atoms with E-state index in [-0.39, 0.29) is 12.0 Å². The molecule has 3 unspecified atom stereocenters. The highest BCUT2D eigenvalue weighted by molar-refractivity contribution is 4.74. The van der Waals surface area contributed by atoms with Crippen molar-refractivity contribution in [3.63, 3.8) is 0 Å². The summed E-state index contributed by atoms with van der Waals surface area (Å²) in [4.78, 5) is 0. The van der Waals surface area contributed by atoms with Crippen molar-refractivity contribution >= 4 is 0 Å². The van der Waals surface area contributed by atoms with E-state index in [0.29, 0.717) is 39.1 Å². The van der Waals surface area contributed by atoms with E-state index in [1.807, 2.05) is 27.7 Å². The molecule has 0 aromatic heterocycles. The molecule has 0 aromatic rings. The van der Waals surface area contributed by atoms with Gasteiger partial charge in [0.1, 0.15) is 12.2 Å². The van der Waals surface area contributed by atoms with Crippen LogP contribution < -0.4 is 0 Å². The van der Waals surface area contributed by atoms with Crippen molar-refractivity contribution in [1.82, 2.24) is 0 Å². The van der Waals surface area contributed by atoms with Crippen LogP contribution in [0.4, 0.5) is 0 Å². The second-order valence-electron chi connectivity index (χ2n) is 12.0. The lowest BCUT2D eigenvalue weighted by atomic mass is 9.93. The molecule has 0 amide bonds. The molecule has 0 saturated carbocycles. The van der Waals surface area contributed by atoms with Gasteiger partial charge in [0.05, 0.1) is 13.2 Å². The molecule has 1 saturated heterocycles. The van der Waals surface area contributed by atoms with E-state index in [9.17, 15) is 0 Å². The lowest BCUT2D eigenvalue weighted by Gasteiger charge is -2.38. The van der Waals surface area contributed by atoms with E-state index in [4.69, 9.17) is 42.6 Å². The Labute approximate surface area is 284 Å². The van der Waals surface area contributed by atoms with Gasteiger partial charge in [0.15, 0.2) is 0 Å². The molecule has 1 aliphatic heterocycles. The zero-order chi connectivity index (χ0) is 34.4. The van der Waals surface area contributed by atoms with Crippen LogP contribution in [0.25, 0.3) is 0 Å². The number of rotatable bonds is 33. The Morgan fingerprint density at radius 1 is 0.565 bits per heavy atom. The quantitative estimate of drug-likeness (QED) is 0.0387. The summed E-state index contributed by atoms with van der Waals surface area (Å²) in [7, 11) is 4.96. The number of hydrogen-bond acceptors (Lipinski definition) is 9. The SMILES string of the molecule is CCCCCCCCC(CCCOCC1CO1)C(OC)(OC)OC.CCCCCCCCC(OCC)C(OCC)(OCC)OCC. The zero-order valence-electron chi connectivity index (χ0n) is 31.7. The van der Waals surface area contributed by atoms with E-state index in [1.165, 1.54) is 70.6 Å². The fourth-order valence-electron chi connectivity index (χ4n) is 5.91. The highest BCUT2D eigenvalue weighted by atomic mass is 16.9. The van der Waals surface area contributed by atoms with E-state index in [0.717, 1.165) is 45.3 Å². The topological polar surface area (TPSA) is 86.4 Å². The molecule has 9 nitrogen and oxygen atoms in total. The predicted molar refractivity (Wildman–Crippen MR) is 186 cm³/mol. The third kappa shape index (κ3) is 20.2. The summed E-state index contributed by atoms with van der Waals surface area (Å²) in [5, 5.41) is 0. The molecule has 3 atom stereocenters. The van der Waals surface area contributed by atoms with Crippen molar-refractivity contribution in [3.05, 3.63) is 0 Å². The van der Waals surface area contributed by atoms with Crippen molar-refractivity contribution in [3.8, 4) is 0 Å². The van der Waals surface area contributed by atoms with Gasteiger partial charge in [0.25, 0.3) is 5.97 Å². The van der Waals surface area contributed by atoms with Gasteiger partial charge >= 0.3 is 5.97 Å². The Morgan fingerprint density at radius 2 is 1.02 bits per heavy atom. The number of unbranched alkanes of at least 4 members (excludes halogenated alkanes) is 10. The minimum Gasteiger partial charge on any atom is -0.379 e. The minimum absolute atomic E-state index is 0.177. The lowest BCUT2D eigenvalue weighted by Crippen LogP contribution is -2.51. The molecule has 1 rings (SSSR count). The summed E-state index contributed by atoms with van der Waals surface area (Å²) in [6.07, 6.45) is 19.3. The van der Waals surface area contributed by atoms with Crippen LogP contribution in [-0.4, -0.2) is 91.7 Å². The van der Waals surface area contributed by atoms with Crippen LogP contribution >= 0.6 is 0 Å². The van der Waals surface area contributed by atoms with Gasteiger partial charge in [-0.3, -0.25) is 0 Å². The second-order valence-corrected chi connectivity index (χ2v) is 12.0. The highest BCUT2D eigenvalue weighted by Crippen LogP contribution is 2.32. The van der Waals surface area contributed by atoms with Crippen LogP contribution in [0.3, 0.4) is 0 Å². The predicted octanol–water partition coefficient (Wildman–Crippen LogP) is 9.05. The number of ether oxygens (including phenoxy) is 9. The second kappa shape index (κ2) is 30.7. The van der Waals surface area contributed by atoms with Gasteiger partial charge in [0, 0.05) is 60.3 Å². The maximum Gasteiger partial charge on any atom is 0.310 e. The Kier molecular flexibility index (Phi) is 30.4. The van der Waals surface area contributed by atoms with Crippen LogP contribution in [-0.2, 0) is 42.6 Å². The van der Waals surface area contributed by atoms with Crippen molar-refractivity contribution in [2.75, 3.05) is 67.6 Å². The maximum atomic E-state index is 5.92. The van der Waals surface area contributed by atoms with Crippen LogP contribution in [0.5, 0.6) is 0 Å². The molecular formula is C37H76O9. The van der Waals surface area contributed by atoms with E-state index >= 15 is 0 Å². The third-order valence-corrected chi connectivity index (χ3v) is 8.43. The largest absolute Gasteiger partial charge is 0.379 e. The van der Waals surface area contributed by atoms with Crippen LogP contribution in [0, 0.1) is 5.92 Å². The summed E-state index contributed by atoms with van der Waals surface area (Å²) in [5.74, 6) is -1.79. The molecule has 0 spiro atoms. The minimum atomic E-state index is -1.06. The summed E-state index contributed by atoms with van der Waals surface area (Å²) in [5.41, 5.74) is 0. The van der Waals surface area contributed by atoms with Gasteiger partial charge in [-0.05, 0) is 53.4 Å². The molecular weight excluding hydrogens is 588 g/mol. The molecule has 1 fully saturated rings. The zero-order valence-corrected chi connectivity index (χ0v) is 31.7. The smallest absolute Gasteiger partial charge is 0.310 e. The fraction of sp³-hybridized carbons (Fsp3) is 1.00. The number of methoxy groups -OCH3 is 3. The van der Waals surface area contributed by atoms with E-state index in [2.05, 4.69) is 13.8 Å². The molecule has 0 bridgehead atoms. The van der Waals surface area contributed by atoms with Gasteiger partial charge in [0.2, 0.25) is 0 Å². The molecule has 0 aromatic carbocycles. The Balaban J connectivity index is 0.000000885. The van der Waals surface area contributed by atoms with Crippen LogP contribution in [0.1, 0.15) is 144 Å². The Hall–Kier alpha value is -0.360. The molecule has 1 heterocycles. The number of epoxide rings is 1. The van der Waals surface area contributed by atoms with Crippen molar-refractivity contribution < 1.29 is 42.6 Å². The van der Waals surface area contributed by atoms with Crippen molar-refractivity contribution in [2.45, 2.75) is 168 Å². The Morgan fingerprint density at radius 3 is 1.46 bits per heavy atom. The van der Waals surface area contributed by atoms with Gasteiger partial charge < -0.3 is 42.6 Å². The first-order valence-corrected chi connectivity index (χ1v) is 18.8. The summed E-state index contributed by atoms with van der Waals surface area (Å²) in [6.45, 7) is 16.9. The van der Waals surface area contributed by atoms with E-state index in [1.54, 1.807) is 21.3 Å². The standard InChI is InChI=1S/C19H38O5.C18H38O4/c1-5-6-7-8-9-10-12-17(19(20-2,21-3)22-4)13-11-14-23-15-18-16-24-18;1-6-11-12-13-14-15-16-17(19-7-2)18(20-8-3,21-9-4)22-10-5/h17-18H,5-16H2,1-4H3;17H,6-16H2,1-5H3. The average Bonchev–Trinajstić information content (AvgIpc) is 3.89. The molecule has 0 N–H and O–H groups in total. The van der Waals surface area contributed by atoms with Crippen molar-refractivity contribution in [2.24, 2.45) is 5.92 Å². The first-order valence-electron chi connectivity index (χ1n) is 18.8. The first-order chi connectivity index (χ1) is 22.4. The molecule has 0 radical (unpaired) electrons. The summed E-state index contributed by atoms with van der Waals surface area (Å²) < 4.78 is 51.0. The summed E-state index contributed by atoms with van der Waals surface area (Å²) in [6, 6.07) is 0.